The Bertz CT molecular complexity index is 1210. The number of ether oxygens (including phenoxy) is 2. The Morgan fingerprint density at radius 3 is 2.73 bits per heavy atom. The number of carbonyl (C=O) groups is 1. The Labute approximate surface area is 204 Å². The van der Waals surface area contributed by atoms with E-state index >= 15 is 0 Å². The number of rotatable bonds is 8. The summed E-state index contributed by atoms with van der Waals surface area (Å²) in [7, 11) is 1.58. The molecule has 33 heavy (non-hydrogen) atoms. The van der Waals surface area contributed by atoms with Crippen molar-refractivity contribution in [2.24, 2.45) is 5.73 Å². The van der Waals surface area contributed by atoms with Gasteiger partial charge in [-0.25, -0.2) is 4.68 Å². The van der Waals surface area contributed by atoms with E-state index in [4.69, 9.17) is 15.2 Å². The molecule has 0 spiro atoms. The lowest BCUT2D eigenvalue weighted by molar-refractivity contribution is -0.115. The third-order valence-electron chi connectivity index (χ3n) is 5.17. The number of nitrogens with zero attached hydrogens (tertiary/aromatic N) is 3. The molecule has 1 aliphatic rings. The van der Waals surface area contributed by atoms with Crippen LogP contribution in [-0.4, -0.2) is 33.5 Å². The molecule has 0 saturated heterocycles. The molecule has 2 heterocycles. The van der Waals surface area contributed by atoms with Crippen molar-refractivity contribution in [3.63, 3.8) is 0 Å². The number of aromatic nitrogens is 3. The SMILES string of the molecule is CCSc1nc2n(n1)C(c1cc(Br)c(OCc3ccccc3)c(OC)c1)C(C(N)=O)=C(C)N2. The van der Waals surface area contributed by atoms with Crippen LogP contribution in [0.2, 0.25) is 0 Å². The first-order valence-corrected chi connectivity index (χ1v) is 12.1. The quantitative estimate of drug-likeness (QED) is 0.413. The van der Waals surface area contributed by atoms with E-state index in [1.807, 2.05) is 56.3 Å². The minimum absolute atomic E-state index is 0.388. The number of allylic oxidation sites excluding steroid dienone is 1. The van der Waals surface area contributed by atoms with Crippen molar-refractivity contribution >= 4 is 39.5 Å². The Morgan fingerprint density at radius 2 is 2.06 bits per heavy atom. The Morgan fingerprint density at radius 1 is 1.30 bits per heavy atom. The monoisotopic (exact) mass is 529 g/mol. The van der Waals surface area contributed by atoms with Crippen molar-refractivity contribution in [2.45, 2.75) is 31.7 Å². The average molecular weight is 530 g/mol. The molecule has 2 aromatic carbocycles. The molecule has 1 amide bonds. The maximum absolute atomic E-state index is 12.4. The summed E-state index contributed by atoms with van der Waals surface area (Å²) in [6.45, 7) is 4.23. The Kier molecular flexibility index (Phi) is 6.94. The first-order valence-electron chi connectivity index (χ1n) is 10.3. The molecule has 1 aromatic heterocycles. The first kappa shape index (κ1) is 23.2. The van der Waals surface area contributed by atoms with E-state index in [1.54, 1.807) is 11.8 Å². The summed E-state index contributed by atoms with van der Waals surface area (Å²) >= 11 is 5.14. The van der Waals surface area contributed by atoms with Gasteiger partial charge >= 0.3 is 0 Å². The van der Waals surface area contributed by atoms with Crippen LogP contribution in [0.3, 0.4) is 0 Å². The highest BCUT2D eigenvalue weighted by molar-refractivity contribution is 9.10. The number of halogens is 1. The van der Waals surface area contributed by atoms with E-state index in [0.717, 1.165) is 16.9 Å². The van der Waals surface area contributed by atoms with Gasteiger partial charge in [0.1, 0.15) is 12.6 Å². The van der Waals surface area contributed by atoms with Gasteiger partial charge in [-0.3, -0.25) is 4.79 Å². The zero-order valence-electron chi connectivity index (χ0n) is 18.5. The highest BCUT2D eigenvalue weighted by Gasteiger charge is 2.34. The number of nitrogens with two attached hydrogens (primary N) is 1. The van der Waals surface area contributed by atoms with Crippen molar-refractivity contribution in [1.29, 1.82) is 0 Å². The van der Waals surface area contributed by atoms with Gasteiger partial charge < -0.3 is 20.5 Å². The number of fused-ring (bicyclic) bond motifs is 1. The second-order valence-corrected chi connectivity index (χ2v) is 9.42. The Balaban J connectivity index is 1.76. The third-order valence-corrected chi connectivity index (χ3v) is 6.47. The summed E-state index contributed by atoms with van der Waals surface area (Å²) < 4.78 is 14.1. The van der Waals surface area contributed by atoms with Crippen molar-refractivity contribution in [3.05, 3.63) is 69.3 Å². The van der Waals surface area contributed by atoms with Crippen LogP contribution in [0.15, 0.2) is 63.4 Å². The zero-order valence-corrected chi connectivity index (χ0v) is 20.9. The number of thioether (sulfide) groups is 1. The van der Waals surface area contributed by atoms with Crippen LogP contribution in [0.1, 0.15) is 31.0 Å². The summed E-state index contributed by atoms with van der Waals surface area (Å²) in [6, 6.07) is 13.1. The summed E-state index contributed by atoms with van der Waals surface area (Å²) in [4.78, 5) is 17.0. The standard InChI is InChI=1S/C23H24BrN5O3S/c1-4-33-23-27-22-26-13(2)18(21(25)30)19(29(22)28-23)15-10-16(24)20(17(11-15)31-3)32-12-14-8-6-5-7-9-14/h5-11,19H,4,12H2,1-3H3,(H2,25,30)(H,26,27,28). The van der Waals surface area contributed by atoms with Crippen LogP contribution in [0.4, 0.5) is 5.95 Å². The number of methoxy groups -OCH3 is 1. The summed E-state index contributed by atoms with van der Waals surface area (Å²) in [5, 5.41) is 8.40. The van der Waals surface area contributed by atoms with E-state index < -0.39 is 11.9 Å². The second kappa shape index (κ2) is 9.88. The molecule has 0 saturated carbocycles. The molecule has 1 atom stereocenters. The van der Waals surface area contributed by atoms with Crippen LogP contribution in [0.5, 0.6) is 11.5 Å². The molecule has 1 aliphatic heterocycles. The molecular weight excluding hydrogens is 506 g/mol. The summed E-state index contributed by atoms with van der Waals surface area (Å²) in [5.41, 5.74) is 8.64. The van der Waals surface area contributed by atoms with E-state index in [0.29, 0.717) is 45.0 Å². The van der Waals surface area contributed by atoms with Crippen LogP contribution < -0.4 is 20.5 Å². The van der Waals surface area contributed by atoms with Gasteiger partial charge in [-0.15, -0.1) is 5.10 Å². The van der Waals surface area contributed by atoms with E-state index in [9.17, 15) is 4.79 Å². The van der Waals surface area contributed by atoms with Crippen LogP contribution in [0.25, 0.3) is 0 Å². The third kappa shape index (κ3) is 4.72. The van der Waals surface area contributed by atoms with Gasteiger partial charge in [0.2, 0.25) is 17.0 Å². The number of benzene rings is 2. The molecule has 0 bridgehead atoms. The van der Waals surface area contributed by atoms with E-state index in [1.165, 1.54) is 11.8 Å². The predicted molar refractivity (Wildman–Crippen MR) is 132 cm³/mol. The van der Waals surface area contributed by atoms with Crippen molar-refractivity contribution in [1.82, 2.24) is 14.8 Å². The van der Waals surface area contributed by atoms with Crippen LogP contribution in [0, 0.1) is 0 Å². The second-order valence-electron chi connectivity index (χ2n) is 7.33. The van der Waals surface area contributed by atoms with Gasteiger partial charge in [-0.05, 0) is 51.9 Å². The number of hydrogen-bond donors (Lipinski definition) is 2. The lowest BCUT2D eigenvalue weighted by atomic mass is 9.95. The molecule has 3 N–H and O–H groups in total. The van der Waals surface area contributed by atoms with Gasteiger partial charge in [0, 0.05) is 5.70 Å². The van der Waals surface area contributed by atoms with Crippen molar-refractivity contribution in [3.8, 4) is 11.5 Å². The largest absolute Gasteiger partial charge is 0.493 e. The van der Waals surface area contributed by atoms with Gasteiger partial charge in [0.15, 0.2) is 11.5 Å². The van der Waals surface area contributed by atoms with Gasteiger partial charge in [-0.1, -0.05) is 49.0 Å². The molecule has 0 fully saturated rings. The molecule has 10 heteroatoms. The van der Waals surface area contributed by atoms with Crippen molar-refractivity contribution < 1.29 is 14.3 Å². The first-order chi connectivity index (χ1) is 15.9. The maximum atomic E-state index is 12.4. The van der Waals surface area contributed by atoms with Gasteiger partial charge in [0.25, 0.3) is 0 Å². The molecular formula is C23H24BrN5O3S. The lowest BCUT2D eigenvalue weighted by Gasteiger charge is -2.28. The number of amides is 1. The molecule has 8 nitrogen and oxygen atoms in total. The number of anilines is 1. The molecule has 4 rings (SSSR count). The minimum atomic E-state index is -0.564. The van der Waals surface area contributed by atoms with E-state index in [2.05, 4.69) is 31.3 Å². The molecule has 172 valence electrons. The fourth-order valence-electron chi connectivity index (χ4n) is 3.72. The lowest BCUT2D eigenvalue weighted by Crippen LogP contribution is -2.31. The minimum Gasteiger partial charge on any atom is -0.493 e. The predicted octanol–water partition coefficient (Wildman–Crippen LogP) is 4.51. The van der Waals surface area contributed by atoms with Crippen LogP contribution >= 0.6 is 27.7 Å². The van der Waals surface area contributed by atoms with Gasteiger partial charge in [-0.2, -0.15) is 4.98 Å². The maximum Gasteiger partial charge on any atom is 0.248 e. The summed E-state index contributed by atoms with van der Waals surface area (Å²) in [6.07, 6.45) is 0. The van der Waals surface area contributed by atoms with Gasteiger partial charge in [0.05, 0.1) is 17.2 Å². The molecule has 3 aromatic rings. The Hall–Kier alpha value is -2.98. The summed E-state index contributed by atoms with van der Waals surface area (Å²) in [5.74, 6) is 1.95. The molecule has 0 radical (unpaired) electrons. The smallest absolute Gasteiger partial charge is 0.248 e. The number of carbonyl (C=O) groups excluding carboxylic acids is 1. The molecule has 0 aliphatic carbocycles. The number of primary amides is 1. The van der Waals surface area contributed by atoms with E-state index in [-0.39, 0.29) is 0 Å². The highest BCUT2D eigenvalue weighted by atomic mass is 79.9. The zero-order chi connectivity index (χ0) is 23.5. The van der Waals surface area contributed by atoms with Crippen molar-refractivity contribution in [2.75, 3.05) is 18.2 Å². The highest BCUT2D eigenvalue weighted by Crippen LogP contribution is 2.43. The average Bonchev–Trinajstić information content (AvgIpc) is 3.19. The number of nitrogens with one attached hydrogen (secondary N) is 1. The topological polar surface area (TPSA) is 104 Å². The molecule has 1 unspecified atom stereocenters. The van der Waals surface area contributed by atoms with Crippen LogP contribution in [-0.2, 0) is 11.4 Å². The number of hydrogen-bond acceptors (Lipinski definition) is 7. The fourth-order valence-corrected chi connectivity index (χ4v) is 4.85. The fraction of sp³-hybridized carbons (Fsp3) is 0.261. The normalized spacial score (nSPS) is 15.1.